The summed E-state index contributed by atoms with van der Waals surface area (Å²) in [6.45, 7) is 0. The summed E-state index contributed by atoms with van der Waals surface area (Å²) in [7, 11) is -6.86. The zero-order valence-corrected chi connectivity index (χ0v) is 8.89. The Hall–Kier alpha value is 0.140. The van der Waals surface area contributed by atoms with E-state index in [9.17, 15) is 0 Å². The molecule has 0 aliphatic rings. The molecular weight excluding hydrogens is 239 g/mol. The van der Waals surface area contributed by atoms with Crippen LogP contribution in [0, 0.1) is 0 Å². The first-order chi connectivity index (χ1) is 6.24. The zero-order valence-electron chi connectivity index (χ0n) is 7.18. The molecule has 0 rings (SSSR count). The van der Waals surface area contributed by atoms with Crippen LogP contribution in [0.15, 0.2) is 0 Å². The Labute approximate surface area is 81.7 Å². The third kappa shape index (κ3) is 10.2. The Balaban J connectivity index is 0. The average molecular weight is 253 g/mol. The van der Waals surface area contributed by atoms with Gasteiger partial charge in [-0.15, -0.1) is 0 Å². The zero-order chi connectivity index (χ0) is 11.8. The summed E-state index contributed by atoms with van der Waals surface area (Å²) in [6, 6.07) is 0. The van der Waals surface area contributed by atoms with Gasteiger partial charge in [-0.25, -0.2) is 0 Å². The van der Waals surface area contributed by atoms with Crippen LogP contribution < -0.4 is 0 Å². The number of aliphatic hydroxyl groups excluding tert-OH is 4. The highest BCUT2D eigenvalue weighted by Gasteiger charge is 2.34. The molecule has 0 saturated heterocycles. The average Bonchev–Trinajstić information content (AvgIpc) is 2.07. The number of rotatable bonds is 4. The highest BCUT2D eigenvalue weighted by molar-refractivity contribution is 7.79. The smallest absolute Gasteiger partial charge is 0.361 e. The van der Waals surface area contributed by atoms with Crippen LogP contribution in [0.3, 0.4) is 0 Å². The molecule has 0 radical (unpaired) electrons. The molecule has 0 heterocycles. The molecule has 0 atom stereocenters. The SMILES string of the molecule is O=S(=O)(O)O.OC[P+](CO)(CO)CO. The Kier molecular flexibility index (Phi) is 8.80. The summed E-state index contributed by atoms with van der Waals surface area (Å²) in [6.07, 6.45) is -1.18. The largest absolute Gasteiger partial charge is 0.394 e. The van der Waals surface area contributed by atoms with Crippen molar-refractivity contribution in [1.29, 1.82) is 0 Å². The third-order valence-corrected chi connectivity index (χ3v) is 3.60. The lowest BCUT2D eigenvalue weighted by atomic mass is 11.6. The van der Waals surface area contributed by atoms with Crippen LogP contribution in [0.5, 0.6) is 0 Å². The van der Waals surface area contributed by atoms with E-state index < -0.39 is 17.7 Å². The fourth-order valence-corrected chi connectivity index (χ4v) is 0.805. The summed E-state index contributed by atoms with van der Waals surface area (Å²) in [5.41, 5.74) is 0. The minimum absolute atomic E-state index is 0.295. The van der Waals surface area contributed by atoms with Crippen molar-refractivity contribution in [2.75, 3.05) is 25.4 Å². The molecule has 0 unspecified atom stereocenters. The van der Waals surface area contributed by atoms with Gasteiger partial charge in [0.2, 0.25) is 0 Å². The minimum Gasteiger partial charge on any atom is -0.361 e. The van der Waals surface area contributed by atoms with Crippen LogP contribution in [0.4, 0.5) is 0 Å². The molecule has 0 spiro atoms. The molecule has 0 aromatic rings. The predicted octanol–water partition coefficient (Wildman–Crippen LogP) is -1.85. The monoisotopic (exact) mass is 253 g/mol. The second-order valence-corrected chi connectivity index (χ2v) is 7.07. The number of aliphatic hydroxyl groups is 4. The molecule has 0 saturated carbocycles. The lowest BCUT2D eigenvalue weighted by Gasteiger charge is -2.15. The number of hydrogen-bond acceptors (Lipinski definition) is 6. The van der Waals surface area contributed by atoms with Crippen molar-refractivity contribution in [2.45, 2.75) is 0 Å². The summed E-state index contributed by atoms with van der Waals surface area (Å²) < 4.78 is 31.6. The molecule has 8 nitrogen and oxygen atoms in total. The van der Waals surface area contributed by atoms with Gasteiger partial charge in [-0.1, -0.05) is 0 Å². The summed E-state index contributed by atoms with van der Waals surface area (Å²) in [5.74, 6) is 0. The molecular formula is C4H14O8PS+. The molecule has 0 aliphatic carbocycles. The fourth-order valence-electron chi connectivity index (χ4n) is 0.268. The minimum atomic E-state index is -4.67. The van der Waals surface area contributed by atoms with Crippen LogP contribution in [-0.2, 0) is 10.4 Å². The maximum Gasteiger partial charge on any atom is 0.394 e. The van der Waals surface area contributed by atoms with E-state index in [4.69, 9.17) is 37.9 Å². The van der Waals surface area contributed by atoms with Crippen LogP contribution in [0.2, 0.25) is 0 Å². The first-order valence-electron chi connectivity index (χ1n) is 3.23. The van der Waals surface area contributed by atoms with E-state index in [1.807, 2.05) is 0 Å². The molecule has 0 aliphatic heterocycles. The van der Waals surface area contributed by atoms with Gasteiger partial charge < -0.3 is 20.4 Å². The van der Waals surface area contributed by atoms with Gasteiger partial charge in [-0.05, 0) is 0 Å². The van der Waals surface area contributed by atoms with Crippen LogP contribution in [0.25, 0.3) is 0 Å². The molecule has 88 valence electrons. The molecule has 0 amide bonds. The van der Waals surface area contributed by atoms with Gasteiger partial charge in [-0.3, -0.25) is 9.11 Å². The van der Waals surface area contributed by atoms with Crippen molar-refractivity contribution < 1.29 is 37.9 Å². The van der Waals surface area contributed by atoms with Gasteiger partial charge >= 0.3 is 10.4 Å². The van der Waals surface area contributed by atoms with Gasteiger partial charge in [0, 0.05) is 0 Å². The maximum absolute atomic E-state index is 8.74. The van der Waals surface area contributed by atoms with E-state index >= 15 is 0 Å². The normalized spacial score (nSPS) is 11.9. The molecule has 0 fully saturated rings. The van der Waals surface area contributed by atoms with Crippen molar-refractivity contribution in [2.24, 2.45) is 0 Å². The molecule has 10 heteroatoms. The molecule has 14 heavy (non-hydrogen) atoms. The Bertz CT molecular complexity index is 196. The van der Waals surface area contributed by atoms with Gasteiger partial charge in [0.1, 0.15) is 7.26 Å². The highest BCUT2D eigenvalue weighted by atomic mass is 32.3. The lowest BCUT2D eigenvalue weighted by molar-refractivity contribution is 0.288. The first-order valence-corrected chi connectivity index (χ1v) is 7.16. The van der Waals surface area contributed by atoms with Crippen molar-refractivity contribution in [3.63, 3.8) is 0 Å². The van der Waals surface area contributed by atoms with Gasteiger partial charge in [0.05, 0.1) is 0 Å². The molecule has 0 aromatic carbocycles. The third-order valence-electron chi connectivity index (χ3n) is 1.20. The van der Waals surface area contributed by atoms with Crippen LogP contribution >= 0.6 is 7.26 Å². The molecule has 0 bridgehead atoms. The van der Waals surface area contributed by atoms with E-state index in [1.165, 1.54) is 0 Å². The second-order valence-electron chi connectivity index (χ2n) is 2.36. The van der Waals surface area contributed by atoms with E-state index in [0.29, 0.717) is 0 Å². The van der Waals surface area contributed by atoms with Crippen molar-refractivity contribution in [3.8, 4) is 0 Å². The predicted molar refractivity (Wildman–Crippen MR) is 49.4 cm³/mol. The van der Waals surface area contributed by atoms with Crippen molar-refractivity contribution in [3.05, 3.63) is 0 Å². The Morgan fingerprint density at radius 2 is 0.929 bits per heavy atom. The maximum atomic E-state index is 8.74. The van der Waals surface area contributed by atoms with Gasteiger partial charge in [0.15, 0.2) is 25.4 Å². The van der Waals surface area contributed by atoms with E-state index in [0.717, 1.165) is 0 Å². The van der Waals surface area contributed by atoms with Crippen molar-refractivity contribution in [1.82, 2.24) is 0 Å². The quantitative estimate of drug-likeness (QED) is 0.252. The van der Waals surface area contributed by atoms with Gasteiger partial charge in [-0.2, -0.15) is 8.42 Å². The summed E-state index contributed by atoms with van der Waals surface area (Å²) in [5, 5.41) is 34.2. The first kappa shape index (κ1) is 16.6. The van der Waals surface area contributed by atoms with E-state index in [2.05, 4.69) is 0 Å². The topological polar surface area (TPSA) is 156 Å². The van der Waals surface area contributed by atoms with Crippen LogP contribution in [-0.4, -0.2) is 63.3 Å². The second kappa shape index (κ2) is 7.43. The fraction of sp³-hybridized carbons (Fsp3) is 1.00. The van der Waals surface area contributed by atoms with E-state index in [-0.39, 0.29) is 25.4 Å². The molecule has 0 aromatic heterocycles. The standard InChI is InChI=1S/C4H12O4P.H2O4S/c5-1-9(2-6,3-7)4-8;1-5(2,3)4/h5-8H,1-4H2;(H2,1,2,3,4)/q+1;. The lowest BCUT2D eigenvalue weighted by Crippen LogP contribution is -2.10. The Morgan fingerprint density at radius 3 is 0.929 bits per heavy atom. The van der Waals surface area contributed by atoms with Crippen molar-refractivity contribution >= 4 is 17.7 Å². The highest BCUT2D eigenvalue weighted by Crippen LogP contribution is 2.54. The summed E-state index contributed by atoms with van der Waals surface area (Å²) in [4.78, 5) is 0. The summed E-state index contributed by atoms with van der Waals surface area (Å²) >= 11 is 0. The van der Waals surface area contributed by atoms with Crippen LogP contribution in [0.1, 0.15) is 0 Å². The number of hydrogen-bond donors (Lipinski definition) is 6. The van der Waals surface area contributed by atoms with E-state index in [1.54, 1.807) is 0 Å². The molecule has 6 N–H and O–H groups in total. The van der Waals surface area contributed by atoms with Gasteiger partial charge in [0.25, 0.3) is 0 Å². The Morgan fingerprint density at radius 1 is 0.786 bits per heavy atom.